The summed E-state index contributed by atoms with van der Waals surface area (Å²) in [6.45, 7) is 1.92. The van der Waals surface area contributed by atoms with Crippen molar-refractivity contribution >= 4 is 17.4 Å². The van der Waals surface area contributed by atoms with E-state index in [-0.39, 0.29) is 17.9 Å². The summed E-state index contributed by atoms with van der Waals surface area (Å²) in [6.07, 6.45) is -4.73. The van der Waals surface area contributed by atoms with Gasteiger partial charge >= 0.3 is 6.18 Å². The van der Waals surface area contributed by atoms with Crippen molar-refractivity contribution in [2.45, 2.75) is 31.6 Å². The van der Waals surface area contributed by atoms with Crippen LogP contribution in [0, 0.1) is 6.92 Å². The number of rotatable bonds is 4. The standard InChI is InChI=1S/C22H21F3N4O2/c1-13-3-5-14(6-4-13)17-11-19(22(23,24)25)29-20(27-17)12-18(28-29)21(30)26-15-7-9-16(31-2)10-8-15/h3-10,12,17,19,27H,11H2,1-2H3,(H,26,30). The van der Waals surface area contributed by atoms with Gasteiger partial charge in [0.05, 0.1) is 13.2 Å². The Bertz CT molecular complexity index is 1080. The molecule has 2 unspecified atom stereocenters. The molecule has 0 aliphatic carbocycles. The minimum atomic E-state index is -4.50. The molecular weight excluding hydrogens is 409 g/mol. The van der Waals surface area contributed by atoms with Gasteiger partial charge in [-0.2, -0.15) is 18.3 Å². The third kappa shape index (κ3) is 4.35. The molecular formula is C22H21F3N4O2. The molecule has 0 saturated carbocycles. The average Bonchev–Trinajstić information content (AvgIpc) is 3.17. The third-order valence-corrected chi connectivity index (χ3v) is 5.25. The second kappa shape index (κ2) is 7.98. The highest BCUT2D eigenvalue weighted by atomic mass is 19.4. The number of nitrogens with zero attached hydrogens (tertiary/aromatic N) is 2. The minimum absolute atomic E-state index is 0.0999. The summed E-state index contributed by atoms with van der Waals surface area (Å²) in [5.74, 6) is 0.176. The first kappa shape index (κ1) is 20.8. The maximum atomic E-state index is 13.8. The lowest BCUT2D eigenvalue weighted by molar-refractivity contribution is -0.173. The van der Waals surface area contributed by atoms with Gasteiger partial charge in [-0.1, -0.05) is 29.8 Å². The number of ether oxygens (including phenoxy) is 1. The molecule has 0 saturated heterocycles. The van der Waals surface area contributed by atoms with Crippen LogP contribution < -0.4 is 15.4 Å². The van der Waals surface area contributed by atoms with Gasteiger partial charge in [-0.15, -0.1) is 0 Å². The normalized spacial score (nSPS) is 18.1. The van der Waals surface area contributed by atoms with Crippen LogP contribution in [0.2, 0.25) is 0 Å². The monoisotopic (exact) mass is 430 g/mol. The quantitative estimate of drug-likeness (QED) is 0.603. The van der Waals surface area contributed by atoms with Crippen molar-refractivity contribution in [1.29, 1.82) is 0 Å². The fourth-order valence-corrected chi connectivity index (χ4v) is 3.57. The number of methoxy groups -OCH3 is 1. The van der Waals surface area contributed by atoms with Crippen LogP contribution >= 0.6 is 0 Å². The predicted molar refractivity (Wildman–Crippen MR) is 110 cm³/mol. The van der Waals surface area contributed by atoms with Gasteiger partial charge in [0.15, 0.2) is 11.7 Å². The summed E-state index contributed by atoms with van der Waals surface area (Å²) >= 11 is 0. The summed E-state index contributed by atoms with van der Waals surface area (Å²) in [7, 11) is 1.52. The van der Waals surface area contributed by atoms with Crippen LogP contribution in [-0.2, 0) is 0 Å². The first-order chi connectivity index (χ1) is 14.7. The molecule has 162 valence electrons. The summed E-state index contributed by atoms with van der Waals surface area (Å²) in [6, 6.07) is 12.9. The van der Waals surface area contributed by atoms with Crippen molar-refractivity contribution in [2.75, 3.05) is 17.7 Å². The van der Waals surface area contributed by atoms with E-state index >= 15 is 0 Å². The fourth-order valence-electron chi connectivity index (χ4n) is 3.57. The van der Waals surface area contributed by atoms with Gasteiger partial charge in [-0.25, -0.2) is 4.68 Å². The van der Waals surface area contributed by atoms with Crippen molar-refractivity contribution in [2.24, 2.45) is 0 Å². The van der Waals surface area contributed by atoms with Gasteiger partial charge in [0.25, 0.3) is 5.91 Å². The Kier molecular flexibility index (Phi) is 5.34. The maximum Gasteiger partial charge on any atom is 0.410 e. The van der Waals surface area contributed by atoms with Crippen LogP contribution in [0.4, 0.5) is 24.7 Å². The lowest BCUT2D eigenvalue weighted by Gasteiger charge is -2.33. The number of nitrogens with one attached hydrogen (secondary N) is 2. The number of carbonyl (C=O) groups is 1. The molecule has 6 nitrogen and oxygen atoms in total. The zero-order valence-electron chi connectivity index (χ0n) is 16.9. The van der Waals surface area contributed by atoms with Gasteiger partial charge in [-0.3, -0.25) is 4.79 Å². The van der Waals surface area contributed by atoms with E-state index in [9.17, 15) is 18.0 Å². The molecule has 1 amide bonds. The molecule has 0 radical (unpaired) electrons. The van der Waals surface area contributed by atoms with Crippen LogP contribution in [0.3, 0.4) is 0 Å². The molecule has 3 aromatic rings. The highest BCUT2D eigenvalue weighted by Gasteiger charge is 2.46. The molecule has 0 spiro atoms. The highest BCUT2D eigenvalue weighted by molar-refractivity contribution is 6.03. The number of amides is 1. The second-order valence-electron chi connectivity index (χ2n) is 7.44. The first-order valence-electron chi connectivity index (χ1n) is 9.69. The Morgan fingerprint density at radius 2 is 1.84 bits per heavy atom. The van der Waals surface area contributed by atoms with Gasteiger partial charge in [0.1, 0.15) is 11.6 Å². The van der Waals surface area contributed by atoms with E-state index in [2.05, 4.69) is 15.7 Å². The van der Waals surface area contributed by atoms with Crippen LogP contribution in [0.1, 0.15) is 40.1 Å². The third-order valence-electron chi connectivity index (χ3n) is 5.25. The molecule has 2 heterocycles. The molecule has 0 bridgehead atoms. The Morgan fingerprint density at radius 1 is 1.16 bits per heavy atom. The number of fused-ring (bicyclic) bond motifs is 1. The van der Waals surface area contributed by atoms with E-state index in [1.807, 2.05) is 31.2 Å². The van der Waals surface area contributed by atoms with E-state index in [1.165, 1.54) is 13.2 Å². The molecule has 1 aromatic heterocycles. The number of hydrogen-bond acceptors (Lipinski definition) is 4. The van der Waals surface area contributed by atoms with Crippen LogP contribution in [0.25, 0.3) is 0 Å². The molecule has 1 aliphatic rings. The lowest BCUT2D eigenvalue weighted by Crippen LogP contribution is -2.35. The Balaban J connectivity index is 1.61. The van der Waals surface area contributed by atoms with E-state index in [4.69, 9.17) is 4.74 Å². The van der Waals surface area contributed by atoms with E-state index in [1.54, 1.807) is 24.3 Å². The van der Waals surface area contributed by atoms with Gasteiger partial charge in [0.2, 0.25) is 0 Å². The van der Waals surface area contributed by atoms with Crippen LogP contribution in [0.15, 0.2) is 54.6 Å². The average molecular weight is 430 g/mol. The summed E-state index contributed by atoms with van der Waals surface area (Å²) < 4.78 is 47.3. The first-order valence-corrected chi connectivity index (χ1v) is 9.69. The number of alkyl halides is 3. The molecule has 2 aromatic carbocycles. The summed E-state index contributed by atoms with van der Waals surface area (Å²) in [4.78, 5) is 12.6. The number of benzene rings is 2. The summed E-state index contributed by atoms with van der Waals surface area (Å²) in [5, 5.41) is 9.70. The topological polar surface area (TPSA) is 68.2 Å². The van der Waals surface area contributed by atoms with Crippen molar-refractivity contribution in [3.63, 3.8) is 0 Å². The zero-order valence-corrected chi connectivity index (χ0v) is 16.9. The molecule has 9 heteroatoms. The van der Waals surface area contributed by atoms with Gasteiger partial charge in [-0.05, 0) is 36.8 Å². The summed E-state index contributed by atoms with van der Waals surface area (Å²) in [5.41, 5.74) is 2.15. The fraction of sp³-hybridized carbons (Fsp3) is 0.273. The number of aryl methyl sites for hydroxylation is 1. The Hall–Kier alpha value is -3.49. The molecule has 0 fully saturated rings. The second-order valence-corrected chi connectivity index (χ2v) is 7.44. The zero-order chi connectivity index (χ0) is 22.2. The van der Waals surface area contributed by atoms with Gasteiger partial charge < -0.3 is 15.4 Å². The molecule has 31 heavy (non-hydrogen) atoms. The van der Waals surface area contributed by atoms with Crippen molar-refractivity contribution in [3.8, 4) is 5.75 Å². The minimum Gasteiger partial charge on any atom is -0.497 e. The number of hydrogen-bond donors (Lipinski definition) is 2. The number of carbonyl (C=O) groups excluding carboxylic acids is 1. The predicted octanol–water partition coefficient (Wildman–Crippen LogP) is 5.11. The Labute approximate surface area is 177 Å². The van der Waals surface area contributed by atoms with Crippen molar-refractivity contribution in [1.82, 2.24) is 9.78 Å². The number of anilines is 2. The lowest BCUT2D eigenvalue weighted by atomic mass is 9.96. The number of aromatic nitrogens is 2. The largest absolute Gasteiger partial charge is 0.497 e. The van der Waals surface area contributed by atoms with E-state index in [0.29, 0.717) is 11.4 Å². The van der Waals surface area contributed by atoms with Crippen molar-refractivity contribution in [3.05, 3.63) is 71.4 Å². The van der Waals surface area contributed by atoms with Gasteiger partial charge in [0, 0.05) is 18.2 Å². The van der Waals surface area contributed by atoms with Crippen LogP contribution in [0.5, 0.6) is 5.75 Å². The smallest absolute Gasteiger partial charge is 0.410 e. The SMILES string of the molecule is COc1ccc(NC(=O)c2cc3n(n2)C(C(F)(F)F)CC(c2ccc(C)cc2)N3)cc1. The number of halogens is 3. The van der Waals surface area contributed by atoms with E-state index in [0.717, 1.165) is 15.8 Å². The highest BCUT2D eigenvalue weighted by Crippen LogP contribution is 2.43. The maximum absolute atomic E-state index is 13.8. The Morgan fingerprint density at radius 3 is 2.45 bits per heavy atom. The molecule has 1 aliphatic heterocycles. The molecule has 2 N–H and O–H groups in total. The van der Waals surface area contributed by atoms with Crippen molar-refractivity contribution < 1.29 is 22.7 Å². The van der Waals surface area contributed by atoms with Crippen LogP contribution in [-0.4, -0.2) is 29.0 Å². The molecule has 4 rings (SSSR count). The molecule has 2 atom stereocenters. The van der Waals surface area contributed by atoms with E-state index < -0.39 is 24.2 Å².